The van der Waals surface area contributed by atoms with Gasteiger partial charge in [0.05, 0.1) is 5.56 Å². The van der Waals surface area contributed by atoms with E-state index >= 15 is 0 Å². The molecule has 0 aliphatic carbocycles. The molecule has 0 saturated heterocycles. The number of allylic oxidation sites excluding steroid dienone is 1. The molecule has 0 fully saturated rings. The second-order valence-corrected chi connectivity index (χ2v) is 2.29. The number of carboxylic acids is 1. The van der Waals surface area contributed by atoms with Crippen molar-refractivity contribution in [3.05, 3.63) is 30.2 Å². The van der Waals surface area contributed by atoms with E-state index in [-0.39, 0.29) is 5.56 Å². The summed E-state index contributed by atoms with van der Waals surface area (Å²) >= 11 is 0. The summed E-state index contributed by atoms with van der Waals surface area (Å²) in [5.74, 6) is -0.469. The quantitative estimate of drug-likeness (QED) is 0.705. The number of hydrogen-bond donors (Lipinski definition) is 1. The molecule has 3 heteroatoms. The number of carbonyl (C=O) groups is 1. The van der Waals surface area contributed by atoms with Gasteiger partial charge in [0.25, 0.3) is 0 Å². The highest BCUT2D eigenvalue weighted by Crippen LogP contribution is 2.14. The highest BCUT2D eigenvalue weighted by molar-refractivity contribution is 5.88. The van der Waals surface area contributed by atoms with Crippen LogP contribution in [0.5, 0.6) is 0 Å². The Hall–Kier alpha value is -1.51. The molecule has 0 saturated carbocycles. The lowest BCUT2D eigenvalue weighted by atomic mass is 10.2. The van der Waals surface area contributed by atoms with E-state index < -0.39 is 5.97 Å². The minimum atomic E-state index is -0.985. The molecule has 0 aromatic carbocycles. The molecule has 0 bridgehead atoms. The minimum absolute atomic E-state index is 0.156. The Morgan fingerprint density at radius 3 is 2.64 bits per heavy atom. The van der Waals surface area contributed by atoms with E-state index in [1.165, 1.54) is 12.3 Å². The number of hydrogen-bond acceptors (Lipinski definition) is 2. The van der Waals surface area contributed by atoms with E-state index in [2.05, 4.69) is 6.58 Å². The monoisotopic (exact) mass is 152 g/mol. The molecule has 1 N–H and O–H groups in total. The molecular weight excluding hydrogens is 144 g/mol. The van der Waals surface area contributed by atoms with Crippen LogP contribution in [0, 0.1) is 0 Å². The van der Waals surface area contributed by atoms with Gasteiger partial charge in [-0.1, -0.05) is 6.58 Å². The van der Waals surface area contributed by atoms with Crippen LogP contribution in [0.2, 0.25) is 0 Å². The van der Waals surface area contributed by atoms with Crippen LogP contribution in [0.1, 0.15) is 23.0 Å². The number of furan rings is 1. The third kappa shape index (κ3) is 1.49. The fraction of sp³-hybridized carbons (Fsp3) is 0.125. The van der Waals surface area contributed by atoms with Crippen molar-refractivity contribution in [2.45, 2.75) is 6.92 Å². The molecule has 0 spiro atoms. The van der Waals surface area contributed by atoms with Crippen molar-refractivity contribution in [1.29, 1.82) is 0 Å². The van der Waals surface area contributed by atoms with Gasteiger partial charge in [-0.25, -0.2) is 4.79 Å². The molecule has 1 aromatic rings. The molecule has 3 nitrogen and oxygen atoms in total. The predicted molar refractivity (Wildman–Crippen MR) is 40.4 cm³/mol. The largest absolute Gasteiger partial charge is 0.478 e. The third-order valence-corrected chi connectivity index (χ3v) is 1.27. The molecule has 0 radical (unpaired) electrons. The van der Waals surface area contributed by atoms with Gasteiger partial charge in [-0.3, -0.25) is 0 Å². The summed E-state index contributed by atoms with van der Waals surface area (Å²) in [6.07, 6.45) is 1.20. The Kier molecular flexibility index (Phi) is 1.81. The second kappa shape index (κ2) is 2.62. The highest BCUT2D eigenvalue weighted by Gasteiger charge is 2.07. The van der Waals surface area contributed by atoms with Crippen LogP contribution in [0.4, 0.5) is 0 Å². The Morgan fingerprint density at radius 1 is 1.73 bits per heavy atom. The Labute approximate surface area is 64.0 Å². The molecular formula is C8H8O3. The zero-order valence-electron chi connectivity index (χ0n) is 6.13. The predicted octanol–water partition coefficient (Wildman–Crippen LogP) is 2.01. The first kappa shape index (κ1) is 7.60. The van der Waals surface area contributed by atoms with E-state index in [9.17, 15) is 4.79 Å². The van der Waals surface area contributed by atoms with Gasteiger partial charge in [0.1, 0.15) is 12.0 Å². The van der Waals surface area contributed by atoms with Crippen molar-refractivity contribution in [2.24, 2.45) is 0 Å². The topological polar surface area (TPSA) is 50.4 Å². The van der Waals surface area contributed by atoms with Gasteiger partial charge in [-0.05, 0) is 18.6 Å². The van der Waals surface area contributed by atoms with Gasteiger partial charge in [-0.2, -0.15) is 0 Å². The zero-order chi connectivity index (χ0) is 8.43. The van der Waals surface area contributed by atoms with E-state index in [0.29, 0.717) is 5.76 Å². The van der Waals surface area contributed by atoms with E-state index in [4.69, 9.17) is 9.52 Å². The smallest absolute Gasteiger partial charge is 0.338 e. The van der Waals surface area contributed by atoms with Crippen molar-refractivity contribution < 1.29 is 14.3 Å². The lowest BCUT2D eigenvalue weighted by Gasteiger charge is -1.86. The first-order valence-electron chi connectivity index (χ1n) is 3.09. The van der Waals surface area contributed by atoms with Crippen LogP contribution in [-0.4, -0.2) is 11.1 Å². The summed E-state index contributed by atoms with van der Waals surface area (Å²) in [6.45, 7) is 5.37. The lowest BCUT2D eigenvalue weighted by Crippen LogP contribution is -1.91. The SMILES string of the molecule is C=C(C)c1cc(C(=O)O)co1. The van der Waals surface area contributed by atoms with Crippen LogP contribution >= 0.6 is 0 Å². The fourth-order valence-electron chi connectivity index (χ4n) is 0.672. The summed E-state index contributed by atoms with van der Waals surface area (Å²) in [5.41, 5.74) is 0.875. The number of rotatable bonds is 2. The first-order valence-corrected chi connectivity index (χ1v) is 3.09. The summed E-state index contributed by atoms with van der Waals surface area (Å²) < 4.78 is 4.91. The molecule has 58 valence electrons. The molecule has 0 unspecified atom stereocenters. The lowest BCUT2D eigenvalue weighted by molar-refractivity contribution is 0.0696. The van der Waals surface area contributed by atoms with Gasteiger partial charge in [0.2, 0.25) is 0 Å². The number of carboxylic acid groups (broad SMARTS) is 1. The molecule has 0 amide bonds. The molecule has 1 heterocycles. The maximum Gasteiger partial charge on any atom is 0.338 e. The van der Waals surface area contributed by atoms with Gasteiger partial charge >= 0.3 is 5.97 Å². The molecule has 0 aliphatic rings. The van der Waals surface area contributed by atoms with Crippen LogP contribution in [0.3, 0.4) is 0 Å². The first-order chi connectivity index (χ1) is 5.11. The minimum Gasteiger partial charge on any atom is -0.478 e. The second-order valence-electron chi connectivity index (χ2n) is 2.29. The fourth-order valence-corrected chi connectivity index (χ4v) is 0.672. The Morgan fingerprint density at radius 2 is 2.36 bits per heavy atom. The van der Waals surface area contributed by atoms with Crippen LogP contribution in [-0.2, 0) is 0 Å². The molecule has 1 rings (SSSR count). The summed E-state index contributed by atoms with van der Waals surface area (Å²) in [7, 11) is 0. The summed E-state index contributed by atoms with van der Waals surface area (Å²) in [5, 5.41) is 8.49. The molecule has 0 aliphatic heterocycles. The van der Waals surface area contributed by atoms with E-state index in [1.807, 2.05) is 0 Å². The van der Waals surface area contributed by atoms with Crippen molar-refractivity contribution >= 4 is 11.5 Å². The van der Waals surface area contributed by atoms with Crippen LogP contribution in [0.25, 0.3) is 5.57 Å². The average molecular weight is 152 g/mol. The third-order valence-electron chi connectivity index (χ3n) is 1.27. The molecule has 11 heavy (non-hydrogen) atoms. The molecule has 0 atom stereocenters. The van der Waals surface area contributed by atoms with Gasteiger partial charge in [0, 0.05) is 0 Å². The number of aromatic carboxylic acids is 1. The van der Waals surface area contributed by atoms with Crippen molar-refractivity contribution in [3.8, 4) is 0 Å². The van der Waals surface area contributed by atoms with Gasteiger partial charge in [-0.15, -0.1) is 0 Å². The normalized spacial score (nSPS) is 9.55. The highest BCUT2D eigenvalue weighted by atomic mass is 16.4. The van der Waals surface area contributed by atoms with Crippen molar-refractivity contribution in [3.63, 3.8) is 0 Å². The standard InChI is InChI=1S/C8H8O3/c1-5(2)7-3-6(4-11-7)8(9)10/h3-4H,1H2,2H3,(H,9,10). The van der Waals surface area contributed by atoms with Crippen LogP contribution < -0.4 is 0 Å². The van der Waals surface area contributed by atoms with Crippen molar-refractivity contribution in [1.82, 2.24) is 0 Å². The van der Waals surface area contributed by atoms with E-state index in [0.717, 1.165) is 5.57 Å². The average Bonchev–Trinajstić information content (AvgIpc) is 2.33. The maximum atomic E-state index is 10.3. The van der Waals surface area contributed by atoms with Gasteiger partial charge < -0.3 is 9.52 Å². The summed E-state index contributed by atoms with van der Waals surface area (Å²) in [4.78, 5) is 10.3. The Balaban J connectivity index is 2.99. The molecule has 1 aromatic heterocycles. The van der Waals surface area contributed by atoms with Gasteiger partial charge in [0.15, 0.2) is 0 Å². The Bertz CT molecular complexity index is 268. The van der Waals surface area contributed by atoms with E-state index in [1.54, 1.807) is 6.92 Å². The summed E-state index contributed by atoms with van der Waals surface area (Å²) in [6, 6.07) is 1.45. The zero-order valence-corrected chi connectivity index (χ0v) is 6.13. The van der Waals surface area contributed by atoms with Crippen LogP contribution in [0.15, 0.2) is 23.3 Å². The maximum absolute atomic E-state index is 10.3. The van der Waals surface area contributed by atoms with Crippen molar-refractivity contribution in [2.75, 3.05) is 0 Å².